The van der Waals surface area contributed by atoms with Crippen LogP contribution in [0.3, 0.4) is 0 Å². The van der Waals surface area contributed by atoms with Gasteiger partial charge in [0.1, 0.15) is 0 Å². The predicted molar refractivity (Wildman–Crippen MR) is 141 cm³/mol. The summed E-state index contributed by atoms with van der Waals surface area (Å²) in [6.45, 7) is 10.6. The molecule has 31 heavy (non-hydrogen) atoms. The number of amides is 1. The number of carbonyl (C=O) groups is 1. The Hall–Kier alpha value is -1.35. The third-order valence-corrected chi connectivity index (χ3v) is 6.41. The van der Waals surface area contributed by atoms with E-state index in [1.165, 1.54) is 5.56 Å². The Morgan fingerprint density at radius 3 is 2.26 bits per heavy atom. The van der Waals surface area contributed by atoms with E-state index in [0.29, 0.717) is 12.6 Å². The zero-order chi connectivity index (χ0) is 22.0. The normalized spacial score (nSPS) is 15.8. The van der Waals surface area contributed by atoms with Crippen LogP contribution in [0.2, 0.25) is 0 Å². The summed E-state index contributed by atoms with van der Waals surface area (Å²) in [6, 6.07) is 11.2. The molecular formula is C24H42IN5O. The van der Waals surface area contributed by atoms with Gasteiger partial charge >= 0.3 is 0 Å². The van der Waals surface area contributed by atoms with Gasteiger partial charge in [-0.05, 0) is 38.2 Å². The molecule has 1 aliphatic rings. The largest absolute Gasteiger partial charge is 0.357 e. The van der Waals surface area contributed by atoms with E-state index in [1.54, 1.807) is 4.90 Å². The number of aliphatic imine (C=N–C) groups is 1. The lowest BCUT2D eigenvalue weighted by Crippen LogP contribution is -2.50. The van der Waals surface area contributed by atoms with Crippen molar-refractivity contribution in [1.29, 1.82) is 0 Å². The molecule has 2 rings (SSSR count). The predicted octanol–water partition coefficient (Wildman–Crippen LogP) is 3.47. The second kappa shape index (κ2) is 13.9. The Bertz CT molecular complexity index is 668. The number of piperidine rings is 1. The van der Waals surface area contributed by atoms with Gasteiger partial charge in [-0.25, -0.2) is 0 Å². The van der Waals surface area contributed by atoms with Crippen molar-refractivity contribution in [3.8, 4) is 0 Å². The van der Waals surface area contributed by atoms with E-state index in [2.05, 4.69) is 66.6 Å². The first-order chi connectivity index (χ1) is 14.4. The standard InChI is InChI=1S/C24H41N5O.HI/c1-6-24(7-2,20-12-10-9-11-13-20)19-26-23(25-8-3)27-21-14-16-29(17-15-21)18-22(30)28(4)5;/h9-13,21H,6-8,14-19H2,1-5H3,(H2,25,26,27);1H. The number of nitrogens with one attached hydrogen (secondary N) is 2. The van der Waals surface area contributed by atoms with Crippen LogP contribution in [-0.2, 0) is 10.2 Å². The van der Waals surface area contributed by atoms with E-state index in [0.717, 1.165) is 57.8 Å². The molecule has 0 radical (unpaired) electrons. The molecule has 1 aromatic carbocycles. The van der Waals surface area contributed by atoms with Gasteiger partial charge in [0.25, 0.3) is 0 Å². The average Bonchev–Trinajstić information content (AvgIpc) is 2.77. The lowest BCUT2D eigenvalue weighted by atomic mass is 9.76. The summed E-state index contributed by atoms with van der Waals surface area (Å²) < 4.78 is 0. The fraction of sp³-hybridized carbons (Fsp3) is 0.667. The molecule has 7 heteroatoms. The number of hydrogen-bond donors (Lipinski definition) is 2. The van der Waals surface area contributed by atoms with Gasteiger partial charge in [0.05, 0.1) is 13.1 Å². The van der Waals surface area contributed by atoms with Crippen molar-refractivity contribution in [3.63, 3.8) is 0 Å². The van der Waals surface area contributed by atoms with Gasteiger partial charge in [0, 0.05) is 45.2 Å². The highest BCUT2D eigenvalue weighted by Crippen LogP contribution is 2.32. The van der Waals surface area contributed by atoms with Gasteiger partial charge in [-0.2, -0.15) is 0 Å². The summed E-state index contributed by atoms with van der Waals surface area (Å²) in [5.74, 6) is 1.08. The highest BCUT2D eigenvalue weighted by molar-refractivity contribution is 14.0. The highest BCUT2D eigenvalue weighted by Gasteiger charge is 2.28. The Kier molecular flexibility index (Phi) is 12.4. The van der Waals surface area contributed by atoms with Crippen LogP contribution in [-0.4, -0.2) is 74.5 Å². The number of halogens is 1. The lowest BCUT2D eigenvalue weighted by Gasteiger charge is -2.34. The van der Waals surface area contributed by atoms with Gasteiger partial charge in [-0.15, -0.1) is 24.0 Å². The van der Waals surface area contributed by atoms with E-state index in [4.69, 9.17) is 4.99 Å². The molecule has 2 N–H and O–H groups in total. The number of likely N-dealkylation sites (N-methyl/N-ethyl adjacent to an activating group) is 1. The third-order valence-electron chi connectivity index (χ3n) is 6.41. The van der Waals surface area contributed by atoms with Crippen LogP contribution in [0, 0.1) is 0 Å². The summed E-state index contributed by atoms with van der Waals surface area (Å²) in [5, 5.41) is 7.07. The van der Waals surface area contributed by atoms with Gasteiger partial charge in [-0.3, -0.25) is 14.7 Å². The molecule has 176 valence electrons. The van der Waals surface area contributed by atoms with Gasteiger partial charge < -0.3 is 15.5 Å². The second-order valence-electron chi connectivity index (χ2n) is 8.53. The fourth-order valence-electron chi connectivity index (χ4n) is 4.08. The Labute approximate surface area is 206 Å². The number of carbonyl (C=O) groups excluding carboxylic acids is 1. The Morgan fingerprint density at radius 2 is 1.74 bits per heavy atom. The zero-order valence-corrected chi connectivity index (χ0v) is 22.3. The maximum absolute atomic E-state index is 11.9. The van der Waals surface area contributed by atoms with Crippen molar-refractivity contribution < 1.29 is 4.79 Å². The molecule has 1 aromatic rings. The highest BCUT2D eigenvalue weighted by atomic mass is 127. The maximum atomic E-state index is 11.9. The van der Waals surface area contributed by atoms with Gasteiger partial charge in [0.15, 0.2) is 5.96 Å². The van der Waals surface area contributed by atoms with Crippen LogP contribution in [0.1, 0.15) is 52.0 Å². The molecule has 0 atom stereocenters. The number of likely N-dealkylation sites (tertiary alicyclic amines) is 1. The molecule has 1 saturated heterocycles. The van der Waals surface area contributed by atoms with Crippen LogP contribution in [0.25, 0.3) is 0 Å². The molecule has 6 nitrogen and oxygen atoms in total. The molecule has 0 bridgehead atoms. The van der Waals surface area contributed by atoms with Crippen LogP contribution in [0.15, 0.2) is 35.3 Å². The molecule has 0 saturated carbocycles. The SMILES string of the molecule is CCNC(=NCC(CC)(CC)c1ccccc1)NC1CCN(CC(=O)N(C)C)CC1.I. The van der Waals surface area contributed by atoms with Crippen molar-refractivity contribution in [3.05, 3.63) is 35.9 Å². The molecule has 0 spiro atoms. The molecule has 1 aliphatic heterocycles. The van der Waals surface area contributed by atoms with Crippen molar-refractivity contribution >= 4 is 35.8 Å². The first-order valence-electron chi connectivity index (χ1n) is 11.5. The van der Waals surface area contributed by atoms with E-state index in [-0.39, 0.29) is 35.3 Å². The minimum absolute atomic E-state index is 0. The van der Waals surface area contributed by atoms with Crippen LogP contribution < -0.4 is 10.6 Å². The van der Waals surface area contributed by atoms with Crippen LogP contribution in [0.5, 0.6) is 0 Å². The minimum Gasteiger partial charge on any atom is -0.357 e. The first kappa shape index (κ1) is 27.7. The topological polar surface area (TPSA) is 60.0 Å². The fourth-order valence-corrected chi connectivity index (χ4v) is 4.08. The monoisotopic (exact) mass is 543 g/mol. The van der Waals surface area contributed by atoms with Crippen molar-refractivity contribution in [2.75, 3.05) is 46.8 Å². The molecule has 1 heterocycles. The molecule has 1 amide bonds. The van der Waals surface area contributed by atoms with Crippen LogP contribution in [0.4, 0.5) is 0 Å². The zero-order valence-electron chi connectivity index (χ0n) is 20.0. The summed E-state index contributed by atoms with van der Waals surface area (Å²) in [6.07, 6.45) is 4.18. The molecular weight excluding hydrogens is 501 g/mol. The maximum Gasteiger partial charge on any atom is 0.236 e. The van der Waals surface area contributed by atoms with E-state index < -0.39 is 0 Å². The molecule has 0 aliphatic carbocycles. The smallest absolute Gasteiger partial charge is 0.236 e. The Morgan fingerprint density at radius 1 is 1.13 bits per heavy atom. The number of hydrogen-bond acceptors (Lipinski definition) is 3. The van der Waals surface area contributed by atoms with E-state index >= 15 is 0 Å². The first-order valence-corrected chi connectivity index (χ1v) is 11.5. The van der Waals surface area contributed by atoms with Crippen molar-refractivity contribution in [1.82, 2.24) is 20.4 Å². The molecule has 1 fully saturated rings. The van der Waals surface area contributed by atoms with Crippen molar-refractivity contribution in [2.24, 2.45) is 4.99 Å². The lowest BCUT2D eigenvalue weighted by molar-refractivity contribution is -0.130. The van der Waals surface area contributed by atoms with Gasteiger partial charge in [0.2, 0.25) is 5.91 Å². The quantitative estimate of drug-likeness (QED) is 0.285. The number of rotatable bonds is 9. The number of benzene rings is 1. The van der Waals surface area contributed by atoms with Crippen molar-refractivity contribution in [2.45, 2.75) is 57.9 Å². The molecule has 0 unspecified atom stereocenters. The number of guanidine groups is 1. The third kappa shape index (κ3) is 8.25. The average molecular weight is 544 g/mol. The summed E-state index contributed by atoms with van der Waals surface area (Å²) in [5.41, 5.74) is 1.44. The molecule has 0 aromatic heterocycles. The number of nitrogens with zero attached hydrogens (tertiary/aromatic N) is 3. The van der Waals surface area contributed by atoms with Gasteiger partial charge in [-0.1, -0.05) is 44.2 Å². The minimum atomic E-state index is 0. The second-order valence-corrected chi connectivity index (χ2v) is 8.53. The summed E-state index contributed by atoms with van der Waals surface area (Å²) in [7, 11) is 3.63. The van der Waals surface area contributed by atoms with E-state index in [9.17, 15) is 4.79 Å². The Balaban J connectivity index is 0.00000480. The van der Waals surface area contributed by atoms with Crippen LogP contribution >= 0.6 is 24.0 Å². The summed E-state index contributed by atoms with van der Waals surface area (Å²) in [4.78, 5) is 20.9. The van der Waals surface area contributed by atoms with E-state index in [1.807, 2.05) is 14.1 Å². The summed E-state index contributed by atoms with van der Waals surface area (Å²) >= 11 is 0.